The van der Waals surface area contributed by atoms with Gasteiger partial charge in [0.25, 0.3) is 0 Å². The molecule has 26 valence electrons. The lowest BCUT2D eigenvalue weighted by Crippen LogP contribution is -1.66. The summed E-state index contributed by atoms with van der Waals surface area (Å²) >= 11 is 3.55. The molecule has 0 rings (SSSR count). The van der Waals surface area contributed by atoms with E-state index in [0.29, 0.717) is 5.75 Å². The minimum absolute atomic E-state index is 0.316. The summed E-state index contributed by atoms with van der Waals surface area (Å²) in [7, 11) is 0. The van der Waals surface area contributed by atoms with Crippen molar-refractivity contribution >= 4 is 12.6 Å². The molecule has 4 heavy (non-hydrogen) atoms. The largest absolute Gasteiger partial charge is 0.250 e. The molecule has 0 nitrogen and oxygen atoms in total. The molecule has 0 spiro atoms. The van der Waals surface area contributed by atoms with Crippen LogP contribution in [0.15, 0.2) is 0 Å². The average molecular weight is 80.1 g/mol. The first-order chi connectivity index (χ1) is 1.91. The maximum atomic E-state index is 10.6. The zero-order valence-corrected chi connectivity index (χ0v) is 3.13. The summed E-state index contributed by atoms with van der Waals surface area (Å²) in [6.07, 6.45) is 0. The lowest BCUT2D eigenvalue weighted by molar-refractivity contribution is 0.533. The average Bonchev–Trinajstić information content (AvgIpc) is 1.37. The Labute approximate surface area is 30.4 Å². The highest BCUT2D eigenvalue weighted by molar-refractivity contribution is 7.80. The number of halogens is 1. The van der Waals surface area contributed by atoms with E-state index in [1.807, 2.05) is 0 Å². The van der Waals surface area contributed by atoms with E-state index in [1.165, 1.54) is 0 Å². The molecule has 0 fully saturated rings. The van der Waals surface area contributed by atoms with Gasteiger partial charge in [0.1, 0.15) is 0 Å². The molecule has 0 aliphatic rings. The lowest BCUT2D eigenvalue weighted by atomic mass is 10.9. The molecule has 0 unspecified atom stereocenters. The summed E-state index contributed by atoms with van der Waals surface area (Å²) in [5, 5.41) is 0. The van der Waals surface area contributed by atoms with E-state index in [-0.39, 0.29) is 6.67 Å². The van der Waals surface area contributed by atoms with Crippen LogP contribution in [0.2, 0.25) is 0 Å². The molecule has 2 heteroatoms. The molecule has 0 bridgehead atoms. The summed E-state index contributed by atoms with van der Waals surface area (Å²) in [5.74, 6) is 0.347. The predicted octanol–water partition coefficient (Wildman–Crippen LogP) is 0.886. The minimum Gasteiger partial charge on any atom is -0.250 e. The van der Waals surface area contributed by atoms with Crippen molar-refractivity contribution in [2.45, 2.75) is 0 Å². The van der Waals surface area contributed by atoms with E-state index < -0.39 is 0 Å². The van der Waals surface area contributed by atoms with Crippen molar-refractivity contribution in [1.29, 1.82) is 0 Å². The predicted molar refractivity (Wildman–Crippen MR) is 19.8 cm³/mol. The Hall–Kier alpha value is 0.280. The molecule has 0 heterocycles. The maximum Gasteiger partial charge on any atom is 0.0982 e. The summed E-state index contributed by atoms with van der Waals surface area (Å²) in [6, 6.07) is 0. The summed E-state index contributed by atoms with van der Waals surface area (Å²) < 4.78 is 10.6. The zero-order chi connectivity index (χ0) is 3.41. The number of hydrogen-bond donors (Lipinski definition) is 1. The second-order valence-corrected chi connectivity index (χ2v) is 0.860. The van der Waals surface area contributed by atoms with Gasteiger partial charge in [0, 0.05) is 5.75 Å². The first-order valence-corrected chi connectivity index (χ1v) is 1.72. The van der Waals surface area contributed by atoms with E-state index in [1.54, 1.807) is 0 Å². The summed E-state index contributed by atoms with van der Waals surface area (Å²) in [6.45, 7) is -0.316. The van der Waals surface area contributed by atoms with Crippen molar-refractivity contribution in [1.82, 2.24) is 0 Å². The van der Waals surface area contributed by atoms with Crippen LogP contribution in [0.25, 0.3) is 0 Å². The molecule has 0 atom stereocenters. The van der Waals surface area contributed by atoms with Gasteiger partial charge in [-0.15, -0.1) is 0 Å². The standard InChI is InChI=1S/C2H5FS/c3-1-2-4/h4H,1-2H2. The SMILES string of the molecule is FCCS. The topological polar surface area (TPSA) is 0 Å². The van der Waals surface area contributed by atoms with Crippen LogP contribution in [0.4, 0.5) is 4.39 Å². The lowest BCUT2D eigenvalue weighted by Gasteiger charge is -1.64. The molecule has 0 aliphatic carbocycles. The highest BCUT2D eigenvalue weighted by Gasteiger charge is 1.61. The van der Waals surface area contributed by atoms with Crippen molar-refractivity contribution in [3.05, 3.63) is 0 Å². The fraction of sp³-hybridized carbons (Fsp3) is 1.00. The Bertz CT molecular complexity index is 8.00. The Morgan fingerprint density at radius 3 is 2.00 bits per heavy atom. The van der Waals surface area contributed by atoms with Crippen LogP contribution in [0.5, 0.6) is 0 Å². The first-order valence-electron chi connectivity index (χ1n) is 1.08. The normalized spacial score (nSPS) is 7.50. The quantitative estimate of drug-likeness (QED) is 0.444. The van der Waals surface area contributed by atoms with Gasteiger partial charge in [-0.2, -0.15) is 12.6 Å². The van der Waals surface area contributed by atoms with Crippen molar-refractivity contribution in [2.24, 2.45) is 0 Å². The van der Waals surface area contributed by atoms with E-state index in [0.717, 1.165) is 0 Å². The second kappa shape index (κ2) is 3.28. The van der Waals surface area contributed by atoms with Crippen LogP contribution in [0, 0.1) is 0 Å². The van der Waals surface area contributed by atoms with E-state index in [2.05, 4.69) is 12.6 Å². The molecule has 0 radical (unpaired) electrons. The van der Waals surface area contributed by atoms with Gasteiger partial charge < -0.3 is 0 Å². The molecular weight excluding hydrogens is 75.1 g/mol. The van der Waals surface area contributed by atoms with Gasteiger partial charge in [0.05, 0.1) is 6.67 Å². The smallest absolute Gasteiger partial charge is 0.0982 e. The van der Waals surface area contributed by atoms with Crippen LogP contribution in [-0.4, -0.2) is 12.4 Å². The van der Waals surface area contributed by atoms with Crippen molar-refractivity contribution in [3.63, 3.8) is 0 Å². The fourth-order valence-corrected chi connectivity index (χ4v) is 0. The Morgan fingerprint density at radius 1 is 1.75 bits per heavy atom. The summed E-state index contributed by atoms with van der Waals surface area (Å²) in [5.41, 5.74) is 0. The van der Waals surface area contributed by atoms with E-state index in [9.17, 15) is 4.39 Å². The monoisotopic (exact) mass is 80.0 g/mol. The molecule has 0 saturated carbocycles. The molecule has 0 aromatic rings. The van der Waals surface area contributed by atoms with Crippen LogP contribution < -0.4 is 0 Å². The van der Waals surface area contributed by atoms with E-state index in [4.69, 9.17) is 0 Å². The van der Waals surface area contributed by atoms with Crippen LogP contribution in [0.3, 0.4) is 0 Å². The molecule has 0 amide bonds. The molecule has 0 aromatic carbocycles. The third kappa shape index (κ3) is 2.28. The highest BCUT2D eigenvalue weighted by Crippen LogP contribution is 1.68. The van der Waals surface area contributed by atoms with Gasteiger partial charge in [-0.25, -0.2) is 0 Å². The molecule has 0 aliphatic heterocycles. The van der Waals surface area contributed by atoms with Crippen molar-refractivity contribution < 1.29 is 4.39 Å². The van der Waals surface area contributed by atoms with Crippen molar-refractivity contribution in [3.8, 4) is 0 Å². The fourth-order valence-electron chi connectivity index (χ4n) is 0. The minimum atomic E-state index is -0.316. The van der Waals surface area contributed by atoms with Gasteiger partial charge in [-0.05, 0) is 0 Å². The number of hydrogen-bond acceptors (Lipinski definition) is 1. The first kappa shape index (κ1) is 4.28. The number of rotatable bonds is 1. The van der Waals surface area contributed by atoms with Crippen molar-refractivity contribution in [2.75, 3.05) is 12.4 Å². The third-order valence-corrected chi connectivity index (χ3v) is 0.254. The van der Waals surface area contributed by atoms with Gasteiger partial charge in [0.2, 0.25) is 0 Å². The molecular formula is C2H5FS. The third-order valence-electron chi connectivity index (χ3n) is 0.0845. The Balaban J connectivity index is 1.97. The maximum absolute atomic E-state index is 10.6. The highest BCUT2D eigenvalue weighted by atomic mass is 32.1. The van der Waals surface area contributed by atoms with Gasteiger partial charge in [-0.3, -0.25) is 4.39 Å². The van der Waals surface area contributed by atoms with Crippen LogP contribution in [0.1, 0.15) is 0 Å². The number of alkyl halides is 1. The van der Waals surface area contributed by atoms with Gasteiger partial charge in [0.15, 0.2) is 0 Å². The zero-order valence-electron chi connectivity index (χ0n) is 2.24. The number of thiol groups is 1. The molecule has 0 saturated heterocycles. The van der Waals surface area contributed by atoms with Crippen LogP contribution >= 0.6 is 12.6 Å². The Kier molecular flexibility index (Phi) is 3.51. The van der Waals surface area contributed by atoms with Gasteiger partial charge in [-0.1, -0.05) is 0 Å². The molecule has 0 N–H and O–H groups in total. The Morgan fingerprint density at radius 2 is 2.00 bits per heavy atom. The van der Waals surface area contributed by atoms with E-state index >= 15 is 0 Å². The second-order valence-electron chi connectivity index (χ2n) is 0.413. The van der Waals surface area contributed by atoms with Gasteiger partial charge >= 0.3 is 0 Å². The van der Waals surface area contributed by atoms with Crippen LogP contribution in [-0.2, 0) is 0 Å². The molecule has 0 aromatic heterocycles. The summed E-state index contributed by atoms with van der Waals surface area (Å²) in [4.78, 5) is 0.